The minimum atomic E-state index is -0.311. The molecule has 0 spiro atoms. The molecule has 0 unspecified atom stereocenters. The highest BCUT2D eigenvalue weighted by molar-refractivity contribution is 9.10. The van der Waals surface area contributed by atoms with E-state index < -0.39 is 0 Å². The SMILES string of the molecule is CCCOc1ccc(C(=O)N/N=C/c2cc(Br)c(OCc3ccc(Br)cc3)c(OC)c2)cc1. The van der Waals surface area contributed by atoms with Gasteiger partial charge in [0.05, 0.1) is 24.4 Å². The van der Waals surface area contributed by atoms with E-state index in [2.05, 4.69) is 42.4 Å². The Morgan fingerprint density at radius 1 is 1.03 bits per heavy atom. The molecule has 0 aromatic heterocycles. The fraction of sp³-hybridized carbons (Fsp3) is 0.200. The monoisotopic (exact) mass is 574 g/mol. The maximum atomic E-state index is 12.3. The Bertz CT molecular complexity index is 1100. The minimum Gasteiger partial charge on any atom is -0.494 e. The molecule has 0 fully saturated rings. The minimum absolute atomic E-state index is 0.311. The summed E-state index contributed by atoms with van der Waals surface area (Å²) < 4.78 is 18.7. The molecule has 3 aromatic rings. The zero-order chi connectivity index (χ0) is 23.6. The van der Waals surface area contributed by atoms with Gasteiger partial charge in [-0.1, -0.05) is 35.0 Å². The second kappa shape index (κ2) is 12.4. The van der Waals surface area contributed by atoms with Crippen molar-refractivity contribution < 1.29 is 19.0 Å². The van der Waals surface area contributed by atoms with Crippen molar-refractivity contribution in [3.8, 4) is 17.2 Å². The second-order valence-electron chi connectivity index (χ2n) is 7.02. The van der Waals surface area contributed by atoms with Gasteiger partial charge in [0.1, 0.15) is 12.4 Å². The van der Waals surface area contributed by atoms with Gasteiger partial charge in [-0.25, -0.2) is 5.43 Å². The summed E-state index contributed by atoms with van der Waals surface area (Å²) in [7, 11) is 1.57. The fourth-order valence-electron chi connectivity index (χ4n) is 2.84. The van der Waals surface area contributed by atoms with E-state index in [1.165, 1.54) is 0 Å². The zero-order valence-corrected chi connectivity index (χ0v) is 21.5. The summed E-state index contributed by atoms with van der Waals surface area (Å²) in [6.45, 7) is 3.08. The molecule has 172 valence electrons. The van der Waals surface area contributed by atoms with E-state index in [-0.39, 0.29) is 5.91 Å². The first-order valence-corrected chi connectivity index (χ1v) is 11.9. The standard InChI is InChI=1S/C25H24Br2N2O4/c1-3-12-32-21-10-6-19(7-11-21)25(30)29-28-15-18-13-22(27)24(23(14-18)31-2)33-16-17-4-8-20(26)9-5-17/h4-11,13-15H,3,12,16H2,1-2H3,(H,29,30)/b28-15+. The van der Waals surface area contributed by atoms with Gasteiger partial charge < -0.3 is 14.2 Å². The number of benzene rings is 3. The molecule has 1 N–H and O–H groups in total. The van der Waals surface area contributed by atoms with Gasteiger partial charge in [-0.15, -0.1) is 0 Å². The van der Waals surface area contributed by atoms with Crippen LogP contribution in [0.2, 0.25) is 0 Å². The van der Waals surface area contributed by atoms with E-state index in [0.717, 1.165) is 32.2 Å². The molecule has 0 saturated heterocycles. The van der Waals surface area contributed by atoms with E-state index in [1.54, 1.807) is 43.7 Å². The first kappa shape index (κ1) is 24.8. The molecule has 0 bridgehead atoms. The Kier molecular flexibility index (Phi) is 9.33. The number of carbonyl (C=O) groups excluding carboxylic acids is 1. The van der Waals surface area contributed by atoms with Crippen molar-refractivity contribution in [1.29, 1.82) is 0 Å². The summed E-state index contributed by atoms with van der Waals surface area (Å²) in [6.07, 6.45) is 2.47. The van der Waals surface area contributed by atoms with Gasteiger partial charge in [0.2, 0.25) is 0 Å². The van der Waals surface area contributed by atoms with Crippen LogP contribution in [0.3, 0.4) is 0 Å². The summed E-state index contributed by atoms with van der Waals surface area (Å²) in [6, 6.07) is 18.5. The van der Waals surface area contributed by atoms with Gasteiger partial charge in [-0.05, 0) is 82.0 Å². The second-order valence-corrected chi connectivity index (χ2v) is 8.79. The van der Waals surface area contributed by atoms with Crippen LogP contribution in [0, 0.1) is 0 Å². The van der Waals surface area contributed by atoms with Crippen molar-refractivity contribution in [2.24, 2.45) is 5.10 Å². The Morgan fingerprint density at radius 3 is 2.42 bits per heavy atom. The lowest BCUT2D eigenvalue weighted by Gasteiger charge is -2.13. The van der Waals surface area contributed by atoms with E-state index in [4.69, 9.17) is 14.2 Å². The average Bonchev–Trinajstić information content (AvgIpc) is 2.83. The van der Waals surface area contributed by atoms with Crippen molar-refractivity contribution in [3.63, 3.8) is 0 Å². The number of carbonyl (C=O) groups is 1. The van der Waals surface area contributed by atoms with Crippen LogP contribution in [-0.2, 0) is 6.61 Å². The molecule has 0 aliphatic carbocycles. The maximum Gasteiger partial charge on any atom is 0.271 e. The normalized spacial score (nSPS) is 10.8. The largest absolute Gasteiger partial charge is 0.494 e. The summed E-state index contributed by atoms with van der Waals surface area (Å²) in [5.41, 5.74) is 4.79. The first-order valence-electron chi connectivity index (χ1n) is 10.3. The van der Waals surface area contributed by atoms with Crippen LogP contribution >= 0.6 is 31.9 Å². The highest BCUT2D eigenvalue weighted by atomic mass is 79.9. The molecule has 0 atom stereocenters. The molecular formula is C25H24Br2N2O4. The van der Waals surface area contributed by atoms with Crippen LogP contribution in [0.25, 0.3) is 0 Å². The fourth-order valence-corrected chi connectivity index (χ4v) is 3.68. The van der Waals surface area contributed by atoms with Gasteiger partial charge in [0.15, 0.2) is 11.5 Å². The quantitative estimate of drug-likeness (QED) is 0.226. The molecule has 33 heavy (non-hydrogen) atoms. The van der Waals surface area contributed by atoms with Crippen LogP contribution in [0.4, 0.5) is 0 Å². The van der Waals surface area contributed by atoms with Crippen molar-refractivity contribution in [2.75, 3.05) is 13.7 Å². The van der Waals surface area contributed by atoms with Crippen LogP contribution in [0.5, 0.6) is 17.2 Å². The third-order valence-corrected chi connectivity index (χ3v) is 5.63. The van der Waals surface area contributed by atoms with Crippen LogP contribution in [-0.4, -0.2) is 25.8 Å². The lowest BCUT2D eigenvalue weighted by molar-refractivity contribution is 0.0955. The average molecular weight is 576 g/mol. The van der Waals surface area contributed by atoms with Crippen LogP contribution in [0.1, 0.15) is 34.8 Å². The Morgan fingerprint density at radius 2 is 1.76 bits per heavy atom. The predicted octanol–water partition coefficient (Wildman–Crippen LogP) is 6.35. The number of ether oxygens (including phenoxy) is 3. The predicted molar refractivity (Wildman–Crippen MR) is 136 cm³/mol. The molecule has 0 radical (unpaired) electrons. The molecule has 8 heteroatoms. The number of methoxy groups -OCH3 is 1. The third kappa shape index (κ3) is 7.33. The molecular weight excluding hydrogens is 552 g/mol. The summed E-state index contributed by atoms with van der Waals surface area (Å²) in [5, 5.41) is 4.06. The van der Waals surface area contributed by atoms with Gasteiger partial charge in [-0.2, -0.15) is 5.10 Å². The molecule has 3 rings (SSSR count). The van der Waals surface area contributed by atoms with Gasteiger partial charge in [0.25, 0.3) is 5.91 Å². The summed E-state index contributed by atoms with van der Waals surface area (Å²) >= 11 is 6.96. The molecule has 3 aromatic carbocycles. The number of hydrogen-bond donors (Lipinski definition) is 1. The number of halogens is 2. The smallest absolute Gasteiger partial charge is 0.271 e. The lowest BCUT2D eigenvalue weighted by Crippen LogP contribution is -2.17. The Hall–Kier alpha value is -2.84. The molecule has 0 aliphatic heterocycles. The van der Waals surface area contributed by atoms with E-state index in [1.807, 2.05) is 37.3 Å². The van der Waals surface area contributed by atoms with E-state index >= 15 is 0 Å². The Labute approximate surface area is 210 Å². The summed E-state index contributed by atoms with van der Waals surface area (Å²) in [4.78, 5) is 12.3. The Balaban J connectivity index is 1.62. The first-order chi connectivity index (χ1) is 16.0. The highest BCUT2D eigenvalue weighted by Gasteiger charge is 2.12. The van der Waals surface area contributed by atoms with Crippen molar-refractivity contribution in [2.45, 2.75) is 20.0 Å². The third-order valence-electron chi connectivity index (χ3n) is 4.52. The van der Waals surface area contributed by atoms with Crippen molar-refractivity contribution in [1.82, 2.24) is 5.43 Å². The number of hydrazone groups is 1. The number of amides is 1. The van der Waals surface area contributed by atoms with Crippen molar-refractivity contribution >= 4 is 44.0 Å². The molecule has 0 aliphatic rings. The van der Waals surface area contributed by atoms with Gasteiger partial charge in [-0.3, -0.25) is 4.79 Å². The molecule has 0 heterocycles. The number of hydrogen-bond acceptors (Lipinski definition) is 5. The van der Waals surface area contributed by atoms with Gasteiger partial charge >= 0.3 is 0 Å². The summed E-state index contributed by atoms with van der Waals surface area (Å²) in [5.74, 6) is 1.56. The molecule has 6 nitrogen and oxygen atoms in total. The zero-order valence-electron chi connectivity index (χ0n) is 18.3. The maximum absolute atomic E-state index is 12.3. The number of nitrogens with zero attached hydrogens (tertiary/aromatic N) is 1. The van der Waals surface area contributed by atoms with Gasteiger partial charge in [0, 0.05) is 10.0 Å². The molecule has 0 saturated carbocycles. The van der Waals surface area contributed by atoms with Crippen molar-refractivity contribution in [3.05, 3.63) is 86.3 Å². The molecule has 1 amide bonds. The van der Waals surface area contributed by atoms with E-state index in [0.29, 0.717) is 30.3 Å². The highest BCUT2D eigenvalue weighted by Crippen LogP contribution is 2.37. The number of nitrogens with one attached hydrogen (secondary N) is 1. The van der Waals surface area contributed by atoms with Crippen LogP contribution in [0.15, 0.2) is 74.7 Å². The number of rotatable bonds is 10. The lowest BCUT2D eigenvalue weighted by atomic mass is 10.2. The van der Waals surface area contributed by atoms with Crippen LogP contribution < -0.4 is 19.6 Å². The van der Waals surface area contributed by atoms with E-state index in [9.17, 15) is 4.79 Å². The topological polar surface area (TPSA) is 69.2 Å².